The Morgan fingerprint density at radius 3 is 2.38 bits per heavy atom. The molecule has 0 unspecified atom stereocenters. The Hall–Kier alpha value is -4.20. The molecule has 3 aromatic rings. The highest BCUT2D eigenvalue weighted by Gasteiger charge is 2.28. The Balaban J connectivity index is 1.36. The number of rotatable bonds is 6. The molecule has 0 spiro atoms. The van der Waals surface area contributed by atoms with Crippen LogP contribution in [0.3, 0.4) is 0 Å². The van der Waals surface area contributed by atoms with E-state index in [1.165, 1.54) is 12.2 Å². The lowest BCUT2D eigenvalue weighted by molar-refractivity contribution is -0.384. The lowest BCUT2D eigenvalue weighted by Crippen LogP contribution is -2.26. The first-order valence-electron chi connectivity index (χ1n) is 9.94. The molecule has 0 saturated carbocycles. The van der Waals surface area contributed by atoms with E-state index < -0.39 is 22.5 Å². The third-order valence-electron chi connectivity index (χ3n) is 5.36. The first-order valence-corrected chi connectivity index (χ1v) is 9.94. The van der Waals surface area contributed by atoms with Gasteiger partial charge in [-0.3, -0.25) is 10.1 Å². The highest BCUT2D eigenvalue weighted by Crippen LogP contribution is 2.44. The minimum absolute atomic E-state index is 0.0451. The van der Waals surface area contributed by atoms with Gasteiger partial charge >= 0.3 is 6.09 Å². The van der Waals surface area contributed by atoms with E-state index in [9.17, 15) is 19.3 Å². The van der Waals surface area contributed by atoms with Crippen molar-refractivity contribution in [3.8, 4) is 11.1 Å². The second-order valence-electron chi connectivity index (χ2n) is 7.29. The Morgan fingerprint density at radius 2 is 1.75 bits per heavy atom. The number of nitrogen functional groups attached to an aromatic ring is 1. The number of nitro groups is 1. The van der Waals surface area contributed by atoms with Gasteiger partial charge in [-0.1, -0.05) is 60.7 Å². The molecule has 3 aromatic carbocycles. The van der Waals surface area contributed by atoms with Crippen LogP contribution in [0.5, 0.6) is 0 Å². The van der Waals surface area contributed by atoms with Crippen LogP contribution in [0.1, 0.15) is 22.6 Å². The maximum atomic E-state index is 13.6. The zero-order valence-corrected chi connectivity index (χ0v) is 17.0. The van der Waals surface area contributed by atoms with Gasteiger partial charge in [0.15, 0.2) is 0 Å². The molecule has 0 saturated heterocycles. The van der Waals surface area contributed by atoms with Gasteiger partial charge in [0.2, 0.25) is 0 Å². The Bertz CT molecular complexity index is 1180. The summed E-state index contributed by atoms with van der Waals surface area (Å²) in [5, 5.41) is 13.5. The van der Waals surface area contributed by atoms with Gasteiger partial charge in [0.1, 0.15) is 18.1 Å². The van der Waals surface area contributed by atoms with Crippen LogP contribution in [0.15, 0.2) is 66.7 Å². The van der Waals surface area contributed by atoms with E-state index in [2.05, 4.69) is 17.4 Å². The van der Waals surface area contributed by atoms with E-state index in [0.717, 1.165) is 34.4 Å². The van der Waals surface area contributed by atoms with Crippen LogP contribution >= 0.6 is 0 Å². The van der Waals surface area contributed by atoms with Crippen LogP contribution in [0.4, 0.5) is 20.6 Å². The van der Waals surface area contributed by atoms with Gasteiger partial charge in [0.05, 0.1) is 11.0 Å². The largest absolute Gasteiger partial charge is 0.449 e. The Morgan fingerprint density at radius 1 is 1.12 bits per heavy atom. The van der Waals surface area contributed by atoms with Gasteiger partial charge in [-0.2, -0.15) is 0 Å². The standard InChI is InChI=1S/C24H20FN3O4/c25-16-12-15(23(26)22(13-16)28(30)31)6-5-11-27-24(29)32-14-21-19-9-3-1-7-17(19)18-8-2-4-10-20(18)21/h1-10,12-13,21H,11,14,26H2,(H,27,29). The second kappa shape index (κ2) is 8.89. The van der Waals surface area contributed by atoms with Crippen LogP contribution in [0.2, 0.25) is 0 Å². The second-order valence-corrected chi connectivity index (χ2v) is 7.29. The van der Waals surface area contributed by atoms with Gasteiger partial charge in [0, 0.05) is 18.0 Å². The average Bonchev–Trinajstić information content (AvgIpc) is 3.11. The molecule has 4 rings (SSSR count). The van der Waals surface area contributed by atoms with E-state index in [-0.39, 0.29) is 30.3 Å². The van der Waals surface area contributed by atoms with Crippen molar-refractivity contribution in [1.82, 2.24) is 5.32 Å². The number of amides is 1. The van der Waals surface area contributed by atoms with E-state index in [4.69, 9.17) is 10.5 Å². The van der Waals surface area contributed by atoms with Crippen molar-refractivity contribution in [3.05, 3.63) is 99.4 Å². The molecule has 0 bridgehead atoms. The van der Waals surface area contributed by atoms with Crippen LogP contribution in [0, 0.1) is 15.9 Å². The number of nitrogens with two attached hydrogens (primary N) is 1. The summed E-state index contributed by atoms with van der Waals surface area (Å²) < 4.78 is 19.0. The number of hydrogen-bond donors (Lipinski definition) is 2. The fourth-order valence-corrected chi connectivity index (χ4v) is 3.89. The molecular weight excluding hydrogens is 413 g/mol. The summed E-state index contributed by atoms with van der Waals surface area (Å²) in [6, 6.07) is 17.9. The van der Waals surface area contributed by atoms with E-state index in [0.29, 0.717) is 0 Å². The van der Waals surface area contributed by atoms with Gasteiger partial charge in [-0.25, -0.2) is 9.18 Å². The zero-order valence-electron chi connectivity index (χ0n) is 17.0. The third kappa shape index (κ3) is 4.15. The molecule has 162 valence electrons. The van der Waals surface area contributed by atoms with Crippen molar-refractivity contribution in [3.63, 3.8) is 0 Å². The van der Waals surface area contributed by atoms with Crippen LogP contribution in [-0.2, 0) is 4.74 Å². The van der Waals surface area contributed by atoms with Crippen molar-refractivity contribution >= 4 is 23.5 Å². The molecule has 0 fully saturated rings. The number of nitro benzene ring substituents is 1. The summed E-state index contributed by atoms with van der Waals surface area (Å²) in [6.07, 6.45) is 2.32. The van der Waals surface area contributed by atoms with Crippen molar-refractivity contribution in [2.45, 2.75) is 5.92 Å². The fourth-order valence-electron chi connectivity index (χ4n) is 3.89. The van der Waals surface area contributed by atoms with Crippen LogP contribution < -0.4 is 11.1 Å². The summed E-state index contributed by atoms with van der Waals surface area (Å²) in [6.45, 7) is 0.271. The maximum Gasteiger partial charge on any atom is 0.407 e. The summed E-state index contributed by atoms with van der Waals surface area (Å²) in [5.74, 6) is -0.814. The van der Waals surface area contributed by atoms with E-state index in [1.807, 2.05) is 36.4 Å². The number of hydrogen-bond acceptors (Lipinski definition) is 5. The van der Waals surface area contributed by atoms with Gasteiger partial charge in [-0.05, 0) is 28.3 Å². The van der Waals surface area contributed by atoms with Gasteiger partial charge in [-0.15, -0.1) is 0 Å². The molecule has 3 N–H and O–H groups in total. The first-order chi connectivity index (χ1) is 15.5. The average molecular weight is 433 g/mol. The summed E-state index contributed by atoms with van der Waals surface area (Å²) in [5.41, 5.74) is 9.74. The first kappa shape index (κ1) is 21.0. The molecule has 0 aromatic heterocycles. The number of ether oxygens (including phenoxy) is 1. The molecule has 8 heteroatoms. The third-order valence-corrected chi connectivity index (χ3v) is 5.36. The van der Waals surface area contributed by atoms with E-state index in [1.54, 1.807) is 0 Å². The summed E-state index contributed by atoms with van der Waals surface area (Å²) >= 11 is 0. The molecule has 0 aliphatic heterocycles. The number of carbonyl (C=O) groups is 1. The smallest absolute Gasteiger partial charge is 0.407 e. The van der Waals surface area contributed by atoms with Crippen LogP contribution in [0.25, 0.3) is 17.2 Å². The van der Waals surface area contributed by atoms with Gasteiger partial charge in [0.25, 0.3) is 5.69 Å². The molecule has 1 aliphatic rings. The molecule has 0 atom stereocenters. The molecule has 0 heterocycles. The Kier molecular flexibility index (Phi) is 5.85. The number of carbonyl (C=O) groups excluding carboxylic acids is 1. The quantitative estimate of drug-likeness (QED) is 0.328. The predicted octanol–water partition coefficient (Wildman–Crippen LogP) is 4.87. The number of anilines is 1. The van der Waals surface area contributed by atoms with Crippen molar-refractivity contribution in [1.29, 1.82) is 0 Å². The topological polar surface area (TPSA) is 107 Å². The minimum Gasteiger partial charge on any atom is -0.449 e. The monoisotopic (exact) mass is 433 g/mol. The number of halogens is 1. The molecule has 1 aliphatic carbocycles. The molecule has 0 radical (unpaired) electrons. The minimum atomic E-state index is -0.768. The maximum absolute atomic E-state index is 13.6. The van der Waals surface area contributed by atoms with Crippen molar-refractivity contribution in [2.24, 2.45) is 0 Å². The number of nitrogens with zero attached hydrogens (tertiary/aromatic N) is 1. The molecule has 7 nitrogen and oxygen atoms in total. The highest BCUT2D eigenvalue weighted by molar-refractivity contribution is 5.79. The van der Waals surface area contributed by atoms with E-state index >= 15 is 0 Å². The SMILES string of the molecule is Nc1c(C=CCNC(=O)OCC2c3ccccc3-c3ccccc32)cc(F)cc1[N+](=O)[O-]. The number of alkyl carbamates (subject to hydrolysis) is 1. The normalized spacial score (nSPS) is 12.4. The molecule has 1 amide bonds. The molecular formula is C24H20FN3O4. The van der Waals surface area contributed by atoms with Crippen molar-refractivity contribution in [2.75, 3.05) is 18.9 Å². The van der Waals surface area contributed by atoms with Crippen molar-refractivity contribution < 1.29 is 18.8 Å². The number of nitrogens with one attached hydrogen (secondary N) is 1. The lowest BCUT2D eigenvalue weighted by atomic mass is 9.98. The summed E-state index contributed by atoms with van der Waals surface area (Å²) in [7, 11) is 0. The lowest BCUT2D eigenvalue weighted by Gasteiger charge is -2.14. The van der Waals surface area contributed by atoms with Gasteiger partial charge < -0.3 is 15.8 Å². The summed E-state index contributed by atoms with van der Waals surface area (Å²) in [4.78, 5) is 22.4. The Labute approximate surface area is 183 Å². The zero-order chi connectivity index (χ0) is 22.7. The number of fused-ring (bicyclic) bond motifs is 3. The fraction of sp³-hybridized carbons (Fsp3) is 0.125. The highest BCUT2D eigenvalue weighted by atomic mass is 19.1. The molecule has 32 heavy (non-hydrogen) atoms. The van der Waals surface area contributed by atoms with Crippen LogP contribution in [-0.4, -0.2) is 24.2 Å². The number of benzene rings is 3. The predicted molar refractivity (Wildman–Crippen MR) is 120 cm³/mol.